The van der Waals surface area contributed by atoms with Crippen molar-refractivity contribution in [1.29, 1.82) is 0 Å². The minimum Gasteiger partial charge on any atom is -0.480 e. The van der Waals surface area contributed by atoms with Gasteiger partial charge >= 0.3 is 5.97 Å². The van der Waals surface area contributed by atoms with E-state index in [1.807, 2.05) is 30.3 Å². The molecule has 3 atom stereocenters. The van der Waals surface area contributed by atoms with Crippen LogP contribution in [0.25, 0.3) is 0 Å². The van der Waals surface area contributed by atoms with Crippen molar-refractivity contribution >= 4 is 5.97 Å². The Morgan fingerprint density at radius 1 is 1.04 bits per heavy atom. The van der Waals surface area contributed by atoms with Crippen LogP contribution in [0.5, 0.6) is 0 Å². The van der Waals surface area contributed by atoms with Crippen LogP contribution in [0.3, 0.4) is 0 Å². The predicted molar refractivity (Wildman–Crippen MR) is 107 cm³/mol. The highest BCUT2D eigenvalue weighted by Crippen LogP contribution is 2.47. The van der Waals surface area contributed by atoms with Crippen molar-refractivity contribution in [3.63, 3.8) is 0 Å². The maximum Gasteiger partial charge on any atom is 0.321 e. The van der Waals surface area contributed by atoms with Crippen molar-refractivity contribution in [3.05, 3.63) is 71.8 Å². The molecule has 4 heteroatoms. The molecule has 2 fully saturated rings. The SMILES string of the molecule is O=C(O)[C@H](Cc1ccccc1)NCC1(CN[C@@H]2CC2c2ccccc2)CC1. The summed E-state index contributed by atoms with van der Waals surface area (Å²) in [5, 5.41) is 16.6. The Hall–Kier alpha value is -2.17. The molecular formula is C23H28N2O2. The molecule has 2 aliphatic rings. The second-order valence-electron chi connectivity index (χ2n) is 8.20. The fourth-order valence-electron chi connectivity index (χ4n) is 3.87. The number of carboxylic acid groups (broad SMARTS) is 1. The first kappa shape index (κ1) is 18.2. The van der Waals surface area contributed by atoms with Crippen molar-refractivity contribution < 1.29 is 9.90 Å². The van der Waals surface area contributed by atoms with Crippen LogP contribution < -0.4 is 10.6 Å². The van der Waals surface area contributed by atoms with Gasteiger partial charge in [0.2, 0.25) is 0 Å². The fraction of sp³-hybridized carbons (Fsp3) is 0.435. The lowest BCUT2D eigenvalue weighted by molar-refractivity contribution is -0.139. The van der Waals surface area contributed by atoms with Crippen molar-refractivity contribution in [2.75, 3.05) is 13.1 Å². The van der Waals surface area contributed by atoms with E-state index < -0.39 is 12.0 Å². The normalized spacial score (nSPS) is 23.6. The van der Waals surface area contributed by atoms with E-state index in [1.165, 1.54) is 24.8 Å². The molecule has 0 amide bonds. The zero-order valence-electron chi connectivity index (χ0n) is 15.6. The van der Waals surface area contributed by atoms with Gasteiger partial charge in [-0.3, -0.25) is 4.79 Å². The molecule has 1 unspecified atom stereocenters. The summed E-state index contributed by atoms with van der Waals surface area (Å²) in [6.07, 6.45) is 4.08. The maximum absolute atomic E-state index is 11.6. The smallest absolute Gasteiger partial charge is 0.321 e. The van der Waals surface area contributed by atoms with E-state index in [0.29, 0.717) is 18.4 Å². The summed E-state index contributed by atoms with van der Waals surface area (Å²) in [5.41, 5.74) is 2.71. The first-order valence-corrected chi connectivity index (χ1v) is 9.94. The monoisotopic (exact) mass is 364 g/mol. The molecule has 2 aromatic rings. The molecule has 4 nitrogen and oxygen atoms in total. The lowest BCUT2D eigenvalue weighted by Crippen LogP contribution is -2.43. The van der Waals surface area contributed by atoms with E-state index in [9.17, 15) is 9.90 Å². The average molecular weight is 364 g/mol. The third-order valence-electron chi connectivity index (χ3n) is 6.02. The van der Waals surface area contributed by atoms with E-state index in [4.69, 9.17) is 0 Å². The summed E-state index contributed by atoms with van der Waals surface area (Å²) in [4.78, 5) is 11.6. The Bertz CT molecular complexity index is 758. The number of hydrogen-bond donors (Lipinski definition) is 3. The zero-order valence-corrected chi connectivity index (χ0v) is 15.6. The summed E-state index contributed by atoms with van der Waals surface area (Å²) in [6, 6.07) is 20.6. The molecule has 0 spiro atoms. The maximum atomic E-state index is 11.6. The summed E-state index contributed by atoms with van der Waals surface area (Å²) in [6.45, 7) is 1.75. The lowest BCUT2D eigenvalue weighted by Gasteiger charge is -2.21. The molecule has 0 aliphatic heterocycles. The van der Waals surface area contributed by atoms with Crippen LogP contribution in [0.1, 0.15) is 36.3 Å². The van der Waals surface area contributed by atoms with Crippen molar-refractivity contribution in [3.8, 4) is 0 Å². The minimum absolute atomic E-state index is 0.230. The molecule has 0 bridgehead atoms. The van der Waals surface area contributed by atoms with Gasteiger partial charge in [-0.2, -0.15) is 0 Å². The number of aliphatic carboxylic acids is 1. The largest absolute Gasteiger partial charge is 0.480 e. The second-order valence-corrected chi connectivity index (χ2v) is 8.20. The zero-order chi connectivity index (χ0) is 18.7. The molecule has 4 rings (SSSR count). The Kier molecular flexibility index (Phi) is 5.28. The third kappa shape index (κ3) is 4.76. The molecule has 0 heterocycles. The Labute approximate surface area is 161 Å². The Morgan fingerprint density at radius 2 is 1.70 bits per heavy atom. The van der Waals surface area contributed by atoms with Gasteiger partial charge in [0.1, 0.15) is 6.04 Å². The van der Waals surface area contributed by atoms with Crippen molar-refractivity contribution in [2.24, 2.45) is 5.41 Å². The predicted octanol–water partition coefficient (Wildman–Crippen LogP) is 3.20. The molecule has 2 saturated carbocycles. The Balaban J connectivity index is 1.24. The molecule has 2 aliphatic carbocycles. The number of rotatable bonds is 10. The van der Waals surface area contributed by atoms with Crippen molar-refractivity contribution in [1.82, 2.24) is 10.6 Å². The van der Waals surface area contributed by atoms with Crippen LogP contribution >= 0.6 is 0 Å². The lowest BCUT2D eigenvalue weighted by atomic mass is 10.0. The third-order valence-corrected chi connectivity index (χ3v) is 6.02. The molecule has 27 heavy (non-hydrogen) atoms. The van der Waals surface area contributed by atoms with Crippen LogP contribution in [0, 0.1) is 5.41 Å². The highest BCUT2D eigenvalue weighted by Gasteiger charge is 2.45. The molecule has 0 radical (unpaired) electrons. The first-order valence-electron chi connectivity index (χ1n) is 9.94. The van der Waals surface area contributed by atoms with Crippen molar-refractivity contribution in [2.45, 2.75) is 43.7 Å². The van der Waals surface area contributed by atoms with Gasteiger partial charge in [0.25, 0.3) is 0 Å². The van der Waals surface area contributed by atoms with Gasteiger partial charge in [-0.25, -0.2) is 0 Å². The van der Waals surface area contributed by atoms with Gasteiger partial charge in [0.15, 0.2) is 0 Å². The summed E-state index contributed by atoms with van der Waals surface area (Å²) >= 11 is 0. The van der Waals surface area contributed by atoms with Gasteiger partial charge in [-0.1, -0.05) is 60.7 Å². The number of carbonyl (C=O) groups is 1. The summed E-state index contributed by atoms with van der Waals surface area (Å²) < 4.78 is 0. The molecular weight excluding hydrogens is 336 g/mol. The molecule has 0 saturated heterocycles. The standard InChI is InChI=1S/C23H28N2O2/c26-22(27)21(13-17-7-3-1-4-8-17)25-16-23(11-12-23)15-24-20-14-19(20)18-9-5-2-6-10-18/h1-10,19-21,24-25H,11-16H2,(H,26,27)/t19?,20-,21+/m1/s1. The van der Waals surface area contributed by atoms with E-state index in [1.54, 1.807) is 0 Å². The van der Waals surface area contributed by atoms with Gasteiger partial charge in [-0.15, -0.1) is 0 Å². The van der Waals surface area contributed by atoms with Gasteiger partial charge < -0.3 is 15.7 Å². The van der Waals surface area contributed by atoms with Crippen LogP contribution in [-0.2, 0) is 11.2 Å². The molecule has 142 valence electrons. The van der Waals surface area contributed by atoms with Crippen LogP contribution in [0.15, 0.2) is 60.7 Å². The number of nitrogens with one attached hydrogen (secondary N) is 2. The first-order chi connectivity index (χ1) is 13.2. The topological polar surface area (TPSA) is 61.4 Å². The van der Waals surface area contributed by atoms with Gasteiger partial charge in [0.05, 0.1) is 0 Å². The summed E-state index contributed by atoms with van der Waals surface area (Å²) in [7, 11) is 0. The highest BCUT2D eigenvalue weighted by atomic mass is 16.4. The highest BCUT2D eigenvalue weighted by molar-refractivity contribution is 5.73. The number of hydrogen-bond acceptors (Lipinski definition) is 3. The number of carboxylic acids is 1. The minimum atomic E-state index is -0.769. The van der Waals surface area contributed by atoms with E-state index in [0.717, 1.165) is 18.7 Å². The molecule has 0 aromatic heterocycles. The van der Waals surface area contributed by atoms with Crippen LogP contribution in [-0.4, -0.2) is 36.2 Å². The summed E-state index contributed by atoms with van der Waals surface area (Å²) in [5.74, 6) is -0.131. The Morgan fingerprint density at radius 3 is 2.33 bits per heavy atom. The van der Waals surface area contributed by atoms with E-state index in [-0.39, 0.29) is 5.41 Å². The van der Waals surface area contributed by atoms with Crippen LogP contribution in [0.4, 0.5) is 0 Å². The van der Waals surface area contributed by atoms with Gasteiger partial charge in [-0.05, 0) is 42.2 Å². The molecule has 3 N–H and O–H groups in total. The van der Waals surface area contributed by atoms with E-state index >= 15 is 0 Å². The van der Waals surface area contributed by atoms with E-state index in [2.05, 4.69) is 41.0 Å². The average Bonchev–Trinajstić information content (AvgIpc) is 3.61. The fourth-order valence-corrected chi connectivity index (χ4v) is 3.87. The van der Waals surface area contributed by atoms with Crippen LogP contribution in [0.2, 0.25) is 0 Å². The number of benzene rings is 2. The quantitative estimate of drug-likeness (QED) is 0.606. The van der Waals surface area contributed by atoms with Gasteiger partial charge in [0, 0.05) is 25.0 Å². The second kappa shape index (κ2) is 7.83. The molecule has 2 aromatic carbocycles.